The normalized spacial score (nSPS) is 17.6. The lowest BCUT2D eigenvalue weighted by Crippen LogP contribution is -2.42. The molecule has 0 spiro atoms. The van der Waals surface area contributed by atoms with Gasteiger partial charge in [-0.15, -0.1) is 0 Å². The number of thiocarbonyl (C=S) groups is 1. The number of nitrogens with one attached hydrogen (secondary N) is 2. The number of rotatable bonds is 2. The van der Waals surface area contributed by atoms with Crippen molar-refractivity contribution in [3.63, 3.8) is 0 Å². The molecule has 5 nitrogen and oxygen atoms in total. The molecule has 0 bridgehead atoms. The van der Waals surface area contributed by atoms with Gasteiger partial charge in [0.05, 0.1) is 17.7 Å². The van der Waals surface area contributed by atoms with E-state index in [2.05, 4.69) is 30.6 Å². The lowest BCUT2D eigenvalue weighted by Gasteiger charge is -2.38. The number of ether oxygens (including phenoxy) is 1. The van der Waals surface area contributed by atoms with Crippen LogP contribution >= 0.6 is 12.2 Å². The van der Waals surface area contributed by atoms with E-state index in [-0.39, 0.29) is 11.6 Å². The minimum Gasteiger partial charge on any atom is -0.487 e. The third-order valence-electron chi connectivity index (χ3n) is 4.07. The van der Waals surface area contributed by atoms with Crippen molar-refractivity contribution >= 4 is 28.7 Å². The Hall–Kier alpha value is -2.78. The van der Waals surface area contributed by atoms with Crippen LogP contribution in [0, 0.1) is 11.3 Å². The maximum atomic E-state index is 8.86. The van der Waals surface area contributed by atoms with Crippen LogP contribution in [0.3, 0.4) is 0 Å². The zero-order chi connectivity index (χ0) is 18.0. The predicted octanol–water partition coefficient (Wildman–Crippen LogP) is 3.73. The molecule has 25 heavy (non-hydrogen) atoms. The topological polar surface area (TPSA) is 83.1 Å². The number of nitriles is 1. The van der Waals surface area contributed by atoms with Crippen LogP contribution in [0.25, 0.3) is 0 Å². The van der Waals surface area contributed by atoms with E-state index in [1.54, 1.807) is 12.1 Å². The molecule has 0 amide bonds. The predicted molar refractivity (Wildman–Crippen MR) is 103 cm³/mol. The van der Waals surface area contributed by atoms with Crippen LogP contribution in [0.1, 0.15) is 37.4 Å². The first-order valence-corrected chi connectivity index (χ1v) is 8.43. The summed E-state index contributed by atoms with van der Waals surface area (Å²) in [6.07, 6.45) is 0.763. The first-order valence-electron chi connectivity index (χ1n) is 8.02. The second kappa shape index (κ2) is 6.61. The Balaban J connectivity index is 1.76. The Labute approximate surface area is 152 Å². The molecule has 1 unspecified atom stereocenters. The van der Waals surface area contributed by atoms with Crippen molar-refractivity contribution in [3.05, 3.63) is 53.6 Å². The van der Waals surface area contributed by atoms with Crippen LogP contribution in [-0.4, -0.2) is 10.7 Å². The molecular formula is C19H20N4OS. The SMILES string of the molecule is CC1(C)CC(NC(=S)Nc2ccc(C#N)cc2)c2cc(N)ccc2O1. The van der Waals surface area contributed by atoms with Crippen molar-refractivity contribution in [1.82, 2.24) is 5.32 Å². The van der Waals surface area contributed by atoms with Gasteiger partial charge in [-0.3, -0.25) is 0 Å². The molecule has 128 valence electrons. The molecule has 0 saturated heterocycles. The first-order chi connectivity index (χ1) is 11.9. The molecule has 2 aromatic carbocycles. The largest absolute Gasteiger partial charge is 0.487 e. The van der Waals surface area contributed by atoms with E-state index in [1.807, 2.05) is 30.3 Å². The van der Waals surface area contributed by atoms with Crippen LogP contribution in [-0.2, 0) is 0 Å². The standard InChI is InChI=1S/C19H20N4OS/c1-19(2)10-16(15-9-13(21)5-8-17(15)24-19)23-18(25)22-14-6-3-12(11-20)4-7-14/h3-9,16H,10,21H2,1-2H3,(H2,22,23,25). The summed E-state index contributed by atoms with van der Waals surface area (Å²) in [6, 6.07) is 14.9. The summed E-state index contributed by atoms with van der Waals surface area (Å²) in [5, 5.41) is 15.9. The molecule has 1 heterocycles. The first kappa shape index (κ1) is 17.1. The number of fused-ring (bicyclic) bond motifs is 1. The Morgan fingerprint density at radius 2 is 2.00 bits per heavy atom. The quantitative estimate of drug-likeness (QED) is 0.564. The van der Waals surface area contributed by atoms with Gasteiger partial charge >= 0.3 is 0 Å². The molecule has 1 aliphatic rings. The van der Waals surface area contributed by atoms with E-state index in [1.165, 1.54) is 0 Å². The van der Waals surface area contributed by atoms with E-state index in [0.717, 1.165) is 23.4 Å². The lowest BCUT2D eigenvalue weighted by atomic mass is 9.89. The maximum Gasteiger partial charge on any atom is 0.171 e. The van der Waals surface area contributed by atoms with Gasteiger partial charge in [0.15, 0.2) is 5.11 Å². The summed E-state index contributed by atoms with van der Waals surface area (Å²) in [7, 11) is 0. The van der Waals surface area contributed by atoms with E-state index < -0.39 is 0 Å². The van der Waals surface area contributed by atoms with Crippen molar-refractivity contribution in [1.29, 1.82) is 5.26 Å². The Morgan fingerprint density at radius 1 is 1.28 bits per heavy atom. The minimum absolute atomic E-state index is 0.000585. The Kier molecular flexibility index (Phi) is 4.51. The highest BCUT2D eigenvalue weighted by Gasteiger charge is 2.34. The van der Waals surface area contributed by atoms with Gasteiger partial charge in [-0.25, -0.2) is 0 Å². The lowest BCUT2D eigenvalue weighted by molar-refractivity contribution is 0.0697. The molecule has 0 saturated carbocycles. The van der Waals surface area contributed by atoms with Gasteiger partial charge in [-0.2, -0.15) is 5.26 Å². The summed E-state index contributed by atoms with van der Waals surface area (Å²) in [4.78, 5) is 0. The van der Waals surface area contributed by atoms with E-state index in [0.29, 0.717) is 16.4 Å². The molecule has 2 aromatic rings. The molecule has 1 atom stereocenters. The van der Waals surface area contributed by atoms with Gasteiger partial charge < -0.3 is 21.1 Å². The summed E-state index contributed by atoms with van der Waals surface area (Å²) in [5.74, 6) is 0.823. The highest BCUT2D eigenvalue weighted by atomic mass is 32.1. The highest BCUT2D eigenvalue weighted by molar-refractivity contribution is 7.80. The van der Waals surface area contributed by atoms with Crippen LogP contribution in [0.15, 0.2) is 42.5 Å². The molecule has 0 aromatic heterocycles. The molecule has 6 heteroatoms. The number of nitrogen functional groups attached to an aromatic ring is 1. The minimum atomic E-state index is -0.301. The average Bonchev–Trinajstić information content (AvgIpc) is 2.55. The summed E-state index contributed by atoms with van der Waals surface area (Å²) in [5.41, 5.74) is 8.77. The van der Waals surface area contributed by atoms with Gasteiger partial charge in [0, 0.05) is 23.4 Å². The fourth-order valence-electron chi connectivity index (χ4n) is 2.96. The fourth-order valence-corrected chi connectivity index (χ4v) is 3.22. The van der Waals surface area contributed by atoms with Gasteiger partial charge in [0.25, 0.3) is 0 Å². The molecule has 4 N–H and O–H groups in total. The molecule has 0 aliphatic carbocycles. The second-order valence-electron chi connectivity index (χ2n) is 6.70. The van der Waals surface area contributed by atoms with E-state index >= 15 is 0 Å². The smallest absolute Gasteiger partial charge is 0.171 e. The van der Waals surface area contributed by atoms with Crippen molar-refractivity contribution < 1.29 is 4.74 Å². The number of nitrogens with two attached hydrogens (primary N) is 1. The van der Waals surface area contributed by atoms with Crippen molar-refractivity contribution in [2.75, 3.05) is 11.1 Å². The third-order valence-corrected chi connectivity index (χ3v) is 4.29. The van der Waals surface area contributed by atoms with E-state index in [4.69, 9.17) is 28.0 Å². The molecular weight excluding hydrogens is 332 g/mol. The van der Waals surface area contributed by atoms with Crippen LogP contribution in [0.2, 0.25) is 0 Å². The molecule has 1 aliphatic heterocycles. The Morgan fingerprint density at radius 3 is 2.68 bits per heavy atom. The zero-order valence-corrected chi connectivity index (χ0v) is 15.0. The molecule has 0 fully saturated rings. The summed E-state index contributed by atoms with van der Waals surface area (Å²) >= 11 is 5.46. The number of nitrogens with zero attached hydrogens (tertiary/aromatic N) is 1. The van der Waals surface area contributed by atoms with Crippen LogP contribution < -0.4 is 21.1 Å². The summed E-state index contributed by atoms with van der Waals surface area (Å²) in [6.45, 7) is 4.11. The highest BCUT2D eigenvalue weighted by Crippen LogP contribution is 2.40. The average molecular weight is 352 g/mol. The maximum absolute atomic E-state index is 8.86. The van der Waals surface area contributed by atoms with Gasteiger partial charge in [0.2, 0.25) is 0 Å². The number of anilines is 2. The number of hydrogen-bond donors (Lipinski definition) is 3. The Bertz CT molecular complexity index is 839. The van der Waals surface area contributed by atoms with Crippen LogP contribution in [0.4, 0.5) is 11.4 Å². The summed E-state index contributed by atoms with van der Waals surface area (Å²) < 4.78 is 6.04. The van der Waals surface area contributed by atoms with Gasteiger partial charge in [0.1, 0.15) is 11.4 Å². The fraction of sp³-hybridized carbons (Fsp3) is 0.263. The molecule has 0 radical (unpaired) electrons. The van der Waals surface area contributed by atoms with Crippen molar-refractivity contribution in [2.45, 2.75) is 31.9 Å². The number of benzene rings is 2. The monoisotopic (exact) mass is 352 g/mol. The van der Waals surface area contributed by atoms with Gasteiger partial charge in [-0.05, 0) is 68.5 Å². The van der Waals surface area contributed by atoms with E-state index in [9.17, 15) is 0 Å². The van der Waals surface area contributed by atoms with Crippen molar-refractivity contribution in [2.24, 2.45) is 0 Å². The number of hydrogen-bond acceptors (Lipinski definition) is 4. The van der Waals surface area contributed by atoms with Gasteiger partial charge in [-0.1, -0.05) is 0 Å². The molecule has 3 rings (SSSR count). The van der Waals surface area contributed by atoms with Crippen LogP contribution in [0.5, 0.6) is 5.75 Å². The zero-order valence-electron chi connectivity index (χ0n) is 14.2. The van der Waals surface area contributed by atoms with Crippen molar-refractivity contribution in [3.8, 4) is 11.8 Å². The second-order valence-corrected chi connectivity index (χ2v) is 7.11. The third kappa shape index (κ3) is 4.01.